The van der Waals surface area contributed by atoms with E-state index in [9.17, 15) is 4.79 Å². The molecule has 25 heavy (non-hydrogen) atoms. The van der Waals surface area contributed by atoms with Gasteiger partial charge in [-0.1, -0.05) is 19.1 Å². The van der Waals surface area contributed by atoms with Crippen LogP contribution in [-0.2, 0) is 9.53 Å². The molecule has 4 atom stereocenters. The number of methoxy groups -OCH3 is 1. The molecule has 0 N–H and O–H groups in total. The van der Waals surface area contributed by atoms with Crippen LogP contribution in [0.1, 0.15) is 24.8 Å². The molecule has 1 amide bonds. The average Bonchev–Trinajstić information content (AvgIpc) is 3.37. The zero-order chi connectivity index (χ0) is 17.4. The number of ether oxygens (including phenoxy) is 2. The summed E-state index contributed by atoms with van der Waals surface area (Å²) in [5.74, 6) is 2.27. The number of carbonyl (C=O) groups is 1. The second-order valence-corrected chi connectivity index (χ2v) is 7.66. The molecule has 5 heteroatoms. The number of morpholine rings is 1. The maximum absolute atomic E-state index is 13.0. The summed E-state index contributed by atoms with van der Waals surface area (Å²) in [5, 5.41) is 0. The molecule has 2 aliphatic heterocycles. The van der Waals surface area contributed by atoms with Gasteiger partial charge in [0.05, 0.1) is 20.3 Å². The van der Waals surface area contributed by atoms with Gasteiger partial charge in [-0.2, -0.15) is 0 Å². The number of benzene rings is 1. The van der Waals surface area contributed by atoms with Crippen molar-refractivity contribution in [2.45, 2.75) is 25.3 Å². The molecule has 3 fully saturated rings. The second-order valence-electron chi connectivity index (χ2n) is 7.66. The SMILES string of the molecule is COc1cccc(C2CC2C(=O)N2CC(C)C(N3CCOCC3)C2)c1. The van der Waals surface area contributed by atoms with E-state index < -0.39 is 0 Å². The van der Waals surface area contributed by atoms with Crippen molar-refractivity contribution >= 4 is 5.91 Å². The van der Waals surface area contributed by atoms with E-state index in [0.29, 0.717) is 23.8 Å². The van der Waals surface area contributed by atoms with Crippen molar-refractivity contribution in [2.24, 2.45) is 11.8 Å². The molecular weight excluding hydrogens is 316 g/mol. The van der Waals surface area contributed by atoms with Gasteiger partial charge in [0.25, 0.3) is 0 Å². The van der Waals surface area contributed by atoms with Gasteiger partial charge in [-0.25, -0.2) is 0 Å². The standard InChI is InChI=1S/C20H28N2O3/c1-14-12-22(13-19(14)21-6-8-25-9-7-21)20(23)18-11-17(18)15-4-3-5-16(10-15)24-2/h3-5,10,14,17-19H,6-9,11-13H2,1-2H3. The van der Waals surface area contributed by atoms with Gasteiger partial charge in [0, 0.05) is 38.1 Å². The fourth-order valence-electron chi connectivity index (χ4n) is 4.46. The van der Waals surface area contributed by atoms with Crippen molar-refractivity contribution in [1.29, 1.82) is 0 Å². The highest BCUT2D eigenvalue weighted by Gasteiger charge is 2.48. The minimum absolute atomic E-state index is 0.155. The average molecular weight is 344 g/mol. The molecular formula is C20H28N2O3. The number of amides is 1. The van der Waals surface area contributed by atoms with Crippen LogP contribution in [0, 0.1) is 11.8 Å². The number of hydrogen-bond acceptors (Lipinski definition) is 4. The molecule has 0 bridgehead atoms. The Bertz CT molecular complexity index is 629. The third-order valence-electron chi connectivity index (χ3n) is 6.03. The molecule has 2 saturated heterocycles. The largest absolute Gasteiger partial charge is 0.497 e. The number of likely N-dealkylation sites (tertiary alicyclic amines) is 1. The van der Waals surface area contributed by atoms with Gasteiger partial charge in [-0.05, 0) is 36.0 Å². The molecule has 1 aliphatic carbocycles. The Balaban J connectivity index is 1.37. The lowest BCUT2D eigenvalue weighted by Crippen LogP contribution is -2.47. The lowest BCUT2D eigenvalue weighted by molar-refractivity contribution is -0.131. The Hall–Kier alpha value is -1.59. The highest BCUT2D eigenvalue weighted by molar-refractivity contribution is 5.83. The molecule has 1 saturated carbocycles. The van der Waals surface area contributed by atoms with E-state index in [2.05, 4.69) is 28.9 Å². The number of nitrogens with zero attached hydrogens (tertiary/aromatic N) is 2. The predicted octanol–water partition coefficient (Wildman–Crippen LogP) is 1.98. The summed E-state index contributed by atoms with van der Waals surface area (Å²) < 4.78 is 10.8. The van der Waals surface area contributed by atoms with Crippen molar-refractivity contribution in [3.8, 4) is 5.75 Å². The topological polar surface area (TPSA) is 42.0 Å². The summed E-state index contributed by atoms with van der Waals surface area (Å²) in [5.41, 5.74) is 1.23. The molecule has 2 heterocycles. The minimum Gasteiger partial charge on any atom is -0.497 e. The summed E-state index contributed by atoms with van der Waals surface area (Å²) >= 11 is 0. The minimum atomic E-state index is 0.155. The van der Waals surface area contributed by atoms with E-state index >= 15 is 0 Å². The lowest BCUT2D eigenvalue weighted by atomic mass is 10.0. The van der Waals surface area contributed by atoms with Crippen LogP contribution in [0.4, 0.5) is 0 Å². The van der Waals surface area contributed by atoms with Crippen LogP contribution in [0.25, 0.3) is 0 Å². The first kappa shape index (κ1) is 16.9. The highest BCUT2D eigenvalue weighted by atomic mass is 16.5. The van der Waals surface area contributed by atoms with E-state index in [1.807, 2.05) is 12.1 Å². The van der Waals surface area contributed by atoms with Crippen molar-refractivity contribution in [3.63, 3.8) is 0 Å². The molecule has 0 radical (unpaired) electrons. The fourth-order valence-corrected chi connectivity index (χ4v) is 4.46. The first-order valence-corrected chi connectivity index (χ1v) is 9.42. The van der Waals surface area contributed by atoms with E-state index in [0.717, 1.165) is 51.6 Å². The van der Waals surface area contributed by atoms with Gasteiger partial charge in [0.2, 0.25) is 5.91 Å². The van der Waals surface area contributed by atoms with Crippen LogP contribution >= 0.6 is 0 Å². The first-order valence-electron chi connectivity index (χ1n) is 9.42. The third-order valence-corrected chi connectivity index (χ3v) is 6.03. The summed E-state index contributed by atoms with van der Waals surface area (Å²) in [4.78, 5) is 17.6. The third kappa shape index (κ3) is 3.40. The zero-order valence-electron chi connectivity index (χ0n) is 15.2. The Morgan fingerprint density at radius 2 is 2.04 bits per heavy atom. The van der Waals surface area contributed by atoms with E-state index in [1.165, 1.54) is 5.56 Å². The maximum Gasteiger partial charge on any atom is 0.226 e. The molecule has 4 unspecified atom stereocenters. The van der Waals surface area contributed by atoms with Crippen LogP contribution in [0.15, 0.2) is 24.3 Å². The van der Waals surface area contributed by atoms with Crippen LogP contribution in [-0.4, -0.2) is 68.3 Å². The van der Waals surface area contributed by atoms with Crippen molar-refractivity contribution in [2.75, 3.05) is 46.5 Å². The Kier molecular flexibility index (Phi) is 4.69. The quantitative estimate of drug-likeness (QED) is 0.838. The number of hydrogen-bond donors (Lipinski definition) is 0. The van der Waals surface area contributed by atoms with Crippen LogP contribution in [0.3, 0.4) is 0 Å². The second kappa shape index (κ2) is 6.96. The lowest BCUT2D eigenvalue weighted by Gasteiger charge is -2.34. The van der Waals surface area contributed by atoms with E-state index in [1.54, 1.807) is 7.11 Å². The molecule has 0 spiro atoms. The maximum atomic E-state index is 13.0. The summed E-state index contributed by atoms with van der Waals surface area (Å²) in [7, 11) is 1.69. The molecule has 1 aromatic carbocycles. The Morgan fingerprint density at radius 1 is 1.24 bits per heavy atom. The van der Waals surface area contributed by atoms with E-state index in [4.69, 9.17) is 9.47 Å². The molecule has 1 aromatic rings. The highest BCUT2D eigenvalue weighted by Crippen LogP contribution is 2.49. The summed E-state index contributed by atoms with van der Waals surface area (Å²) in [6.45, 7) is 7.67. The molecule has 4 rings (SSSR count). The number of rotatable bonds is 4. The van der Waals surface area contributed by atoms with E-state index in [-0.39, 0.29) is 5.92 Å². The Morgan fingerprint density at radius 3 is 2.80 bits per heavy atom. The van der Waals surface area contributed by atoms with Gasteiger partial charge in [-0.3, -0.25) is 9.69 Å². The van der Waals surface area contributed by atoms with Crippen LogP contribution < -0.4 is 4.74 Å². The normalized spacial score (nSPS) is 32.6. The van der Waals surface area contributed by atoms with Gasteiger partial charge in [0.1, 0.15) is 5.75 Å². The predicted molar refractivity (Wildman–Crippen MR) is 95.8 cm³/mol. The molecule has 0 aromatic heterocycles. The van der Waals surface area contributed by atoms with Crippen molar-refractivity contribution in [3.05, 3.63) is 29.8 Å². The summed E-state index contributed by atoms with van der Waals surface area (Å²) in [6.07, 6.45) is 0.971. The number of carbonyl (C=O) groups excluding carboxylic acids is 1. The smallest absolute Gasteiger partial charge is 0.226 e. The van der Waals surface area contributed by atoms with Gasteiger partial charge < -0.3 is 14.4 Å². The summed E-state index contributed by atoms with van der Waals surface area (Å²) in [6, 6.07) is 8.64. The Labute approximate surface area is 149 Å². The molecule has 136 valence electrons. The van der Waals surface area contributed by atoms with Crippen molar-refractivity contribution < 1.29 is 14.3 Å². The molecule has 3 aliphatic rings. The first-order chi connectivity index (χ1) is 12.2. The zero-order valence-corrected chi connectivity index (χ0v) is 15.2. The monoisotopic (exact) mass is 344 g/mol. The van der Waals surface area contributed by atoms with Gasteiger partial charge >= 0.3 is 0 Å². The fraction of sp³-hybridized carbons (Fsp3) is 0.650. The van der Waals surface area contributed by atoms with Gasteiger partial charge in [-0.15, -0.1) is 0 Å². The van der Waals surface area contributed by atoms with Gasteiger partial charge in [0.15, 0.2) is 0 Å². The van der Waals surface area contributed by atoms with Crippen LogP contribution in [0.2, 0.25) is 0 Å². The molecule has 5 nitrogen and oxygen atoms in total. The van der Waals surface area contributed by atoms with Crippen molar-refractivity contribution in [1.82, 2.24) is 9.80 Å². The van der Waals surface area contributed by atoms with Crippen LogP contribution in [0.5, 0.6) is 5.75 Å².